The van der Waals surface area contributed by atoms with Crippen molar-refractivity contribution in [2.75, 3.05) is 14.1 Å². The Balaban J connectivity index is 2.09. The molecule has 6 heteroatoms. The van der Waals surface area contributed by atoms with Gasteiger partial charge in [0, 0.05) is 26.1 Å². The Bertz CT molecular complexity index is 811. The fourth-order valence-electron chi connectivity index (χ4n) is 2.11. The van der Waals surface area contributed by atoms with E-state index in [1.807, 2.05) is 13.0 Å². The molecule has 2 aromatic carbocycles. The average Bonchev–Trinajstić information content (AvgIpc) is 2.59. The van der Waals surface area contributed by atoms with E-state index in [2.05, 4.69) is 0 Å². The van der Waals surface area contributed by atoms with E-state index in [1.54, 1.807) is 42.5 Å². The zero-order valence-corrected chi connectivity index (χ0v) is 14.8. The van der Waals surface area contributed by atoms with Gasteiger partial charge in [-0.1, -0.05) is 19.1 Å². The predicted octanol–water partition coefficient (Wildman–Crippen LogP) is 3.11. The van der Waals surface area contributed by atoms with E-state index >= 15 is 0 Å². The molecule has 0 bridgehead atoms. The fourth-order valence-corrected chi connectivity index (χ4v) is 3.09. The molecule has 0 amide bonds. The lowest BCUT2D eigenvalue weighted by molar-refractivity contribution is 0.0988. The highest BCUT2D eigenvalue weighted by Gasteiger charge is 2.17. The standard InChI is InChI=1S/C18H21NO4S/c1-4-18(20)15-8-10-16(11-9-15)23-13-14-6-5-7-17(12-14)24(21,22)19(2)3/h5-12H,4,13H2,1-3H3. The molecule has 2 rings (SSSR count). The first-order chi connectivity index (χ1) is 11.3. The minimum Gasteiger partial charge on any atom is -0.489 e. The summed E-state index contributed by atoms with van der Waals surface area (Å²) in [6, 6.07) is 13.6. The van der Waals surface area contributed by atoms with Crippen molar-refractivity contribution in [1.82, 2.24) is 4.31 Å². The van der Waals surface area contributed by atoms with Crippen molar-refractivity contribution in [3.8, 4) is 5.75 Å². The van der Waals surface area contributed by atoms with E-state index in [0.29, 0.717) is 17.7 Å². The zero-order valence-electron chi connectivity index (χ0n) is 14.0. The molecule has 0 atom stereocenters. The van der Waals surface area contributed by atoms with Crippen molar-refractivity contribution in [3.63, 3.8) is 0 Å². The highest BCUT2D eigenvalue weighted by Crippen LogP contribution is 2.18. The Morgan fingerprint density at radius 3 is 2.33 bits per heavy atom. The van der Waals surface area contributed by atoms with Crippen LogP contribution in [-0.2, 0) is 16.6 Å². The van der Waals surface area contributed by atoms with Gasteiger partial charge in [0.2, 0.25) is 10.0 Å². The third-order valence-electron chi connectivity index (χ3n) is 3.58. The van der Waals surface area contributed by atoms with E-state index in [1.165, 1.54) is 18.4 Å². The van der Waals surface area contributed by atoms with Crippen LogP contribution >= 0.6 is 0 Å². The topological polar surface area (TPSA) is 63.7 Å². The number of rotatable bonds is 7. The minimum absolute atomic E-state index is 0.0862. The van der Waals surface area contributed by atoms with Crippen LogP contribution in [0, 0.1) is 0 Å². The SMILES string of the molecule is CCC(=O)c1ccc(OCc2cccc(S(=O)(=O)N(C)C)c2)cc1. The number of benzene rings is 2. The van der Waals surface area contributed by atoms with Crippen LogP contribution in [0.4, 0.5) is 0 Å². The van der Waals surface area contributed by atoms with Crippen LogP contribution in [-0.4, -0.2) is 32.6 Å². The summed E-state index contributed by atoms with van der Waals surface area (Å²) >= 11 is 0. The number of carbonyl (C=O) groups is 1. The summed E-state index contributed by atoms with van der Waals surface area (Å²) in [6.07, 6.45) is 0.466. The van der Waals surface area contributed by atoms with E-state index in [4.69, 9.17) is 4.74 Å². The summed E-state index contributed by atoms with van der Waals surface area (Å²) in [7, 11) is -0.465. The van der Waals surface area contributed by atoms with Crippen LogP contribution in [0.2, 0.25) is 0 Å². The van der Waals surface area contributed by atoms with Gasteiger partial charge < -0.3 is 4.74 Å². The lowest BCUT2D eigenvalue weighted by Crippen LogP contribution is -2.22. The summed E-state index contributed by atoms with van der Waals surface area (Å²) < 4.78 is 31.1. The fraction of sp³-hybridized carbons (Fsp3) is 0.278. The molecule has 0 aliphatic rings. The first-order valence-electron chi connectivity index (χ1n) is 7.62. The van der Waals surface area contributed by atoms with Gasteiger partial charge >= 0.3 is 0 Å². The van der Waals surface area contributed by atoms with Crippen molar-refractivity contribution in [2.45, 2.75) is 24.8 Å². The number of sulfonamides is 1. The van der Waals surface area contributed by atoms with Crippen LogP contribution < -0.4 is 4.74 Å². The molecule has 0 unspecified atom stereocenters. The maximum atomic E-state index is 12.1. The number of ketones is 1. The third-order valence-corrected chi connectivity index (χ3v) is 5.39. The predicted molar refractivity (Wildman–Crippen MR) is 92.7 cm³/mol. The molecule has 0 radical (unpaired) electrons. The quantitative estimate of drug-likeness (QED) is 0.722. The molecule has 2 aromatic rings. The number of ether oxygens (including phenoxy) is 1. The van der Waals surface area contributed by atoms with Gasteiger partial charge in [-0.2, -0.15) is 0 Å². The molecule has 0 heterocycles. The van der Waals surface area contributed by atoms with Gasteiger partial charge in [0.25, 0.3) is 0 Å². The van der Waals surface area contributed by atoms with Crippen molar-refractivity contribution in [3.05, 3.63) is 59.7 Å². The summed E-state index contributed by atoms with van der Waals surface area (Å²) in [4.78, 5) is 11.8. The van der Waals surface area contributed by atoms with Gasteiger partial charge in [-0.25, -0.2) is 12.7 Å². The molecule has 0 saturated carbocycles. The normalized spacial score (nSPS) is 11.5. The molecular weight excluding hydrogens is 326 g/mol. The monoisotopic (exact) mass is 347 g/mol. The van der Waals surface area contributed by atoms with E-state index < -0.39 is 10.0 Å². The first-order valence-corrected chi connectivity index (χ1v) is 9.06. The Morgan fingerprint density at radius 1 is 1.08 bits per heavy atom. The molecule has 0 aliphatic carbocycles. The lowest BCUT2D eigenvalue weighted by atomic mass is 10.1. The van der Waals surface area contributed by atoms with Crippen molar-refractivity contribution in [1.29, 1.82) is 0 Å². The van der Waals surface area contributed by atoms with Gasteiger partial charge in [0.1, 0.15) is 12.4 Å². The molecule has 0 N–H and O–H groups in total. The summed E-state index contributed by atoms with van der Waals surface area (Å²) in [5.41, 5.74) is 1.41. The molecule has 24 heavy (non-hydrogen) atoms. The second-order valence-corrected chi connectivity index (χ2v) is 7.68. The summed E-state index contributed by atoms with van der Waals surface area (Å²) in [5, 5.41) is 0. The Kier molecular flexibility index (Phi) is 5.75. The maximum Gasteiger partial charge on any atom is 0.242 e. The van der Waals surface area contributed by atoms with Crippen molar-refractivity contribution >= 4 is 15.8 Å². The summed E-state index contributed by atoms with van der Waals surface area (Å²) in [6.45, 7) is 2.07. The zero-order chi connectivity index (χ0) is 17.7. The molecular formula is C18H21NO4S. The molecule has 0 aromatic heterocycles. The highest BCUT2D eigenvalue weighted by atomic mass is 32.2. The number of Topliss-reactive ketones (excluding diaryl/α,β-unsaturated/α-hetero) is 1. The summed E-state index contributed by atoms with van der Waals surface area (Å²) in [5.74, 6) is 0.715. The minimum atomic E-state index is -3.46. The van der Waals surface area contributed by atoms with Gasteiger partial charge in [-0.15, -0.1) is 0 Å². The van der Waals surface area contributed by atoms with E-state index in [-0.39, 0.29) is 17.3 Å². The van der Waals surface area contributed by atoms with E-state index in [0.717, 1.165) is 5.56 Å². The number of hydrogen-bond donors (Lipinski definition) is 0. The second kappa shape index (κ2) is 7.59. The van der Waals surface area contributed by atoms with Crippen LogP contribution in [0.1, 0.15) is 29.3 Å². The molecule has 5 nitrogen and oxygen atoms in total. The molecule has 0 fully saturated rings. The Hall–Kier alpha value is -2.18. The molecule has 0 aliphatic heterocycles. The van der Waals surface area contributed by atoms with Gasteiger partial charge in [0.15, 0.2) is 5.78 Å². The molecule has 0 saturated heterocycles. The Morgan fingerprint density at radius 2 is 1.75 bits per heavy atom. The maximum absolute atomic E-state index is 12.1. The van der Waals surface area contributed by atoms with Crippen LogP contribution in [0.5, 0.6) is 5.75 Å². The highest BCUT2D eigenvalue weighted by molar-refractivity contribution is 7.89. The van der Waals surface area contributed by atoms with Crippen molar-refractivity contribution in [2.24, 2.45) is 0 Å². The van der Waals surface area contributed by atoms with E-state index in [9.17, 15) is 13.2 Å². The van der Waals surface area contributed by atoms with Crippen LogP contribution in [0.15, 0.2) is 53.4 Å². The van der Waals surface area contributed by atoms with Crippen LogP contribution in [0.25, 0.3) is 0 Å². The Labute approximate surface area is 142 Å². The molecule has 128 valence electrons. The number of carbonyl (C=O) groups excluding carboxylic acids is 1. The van der Waals surface area contributed by atoms with Crippen molar-refractivity contribution < 1.29 is 17.9 Å². The average molecular weight is 347 g/mol. The number of nitrogens with zero attached hydrogens (tertiary/aromatic N) is 1. The smallest absolute Gasteiger partial charge is 0.242 e. The second-order valence-electron chi connectivity index (χ2n) is 5.52. The number of hydrogen-bond acceptors (Lipinski definition) is 4. The van der Waals surface area contributed by atoms with Gasteiger partial charge in [-0.05, 0) is 42.0 Å². The largest absolute Gasteiger partial charge is 0.489 e. The van der Waals surface area contributed by atoms with Gasteiger partial charge in [-0.3, -0.25) is 4.79 Å². The van der Waals surface area contributed by atoms with Crippen LogP contribution in [0.3, 0.4) is 0 Å². The molecule has 0 spiro atoms. The lowest BCUT2D eigenvalue weighted by Gasteiger charge is -2.12. The first kappa shape index (κ1) is 18.2. The third kappa shape index (κ3) is 4.21. The van der Waals surface area contributed by atoms with Gasteiger partial charge in [0.05, 0.1) is 4.90 Å².